The number of allylic oxidation sites excluding steroid dienone is 2. The minimum absolute atomic E-state index is 0.341. The molecule has 1 aromatic carbocycles. The van der Waals surface area contributed by atoms with Crippen LogP contribution in [0.3, 0.4) is 0 Å². The smallest absolute Gasteiger partial charge is 0.163 e. The summed E-state index contributed by atoms with van der Waals surface area (Å²) in [5, 5.41) is 0. The first-order valence-electron chi connectivity index (χ1n) is 7.28. The fourth-order valence-corrected chi connectivity index (χ4v) is 3.49. The van der Waals surface area contributed by atoms with Crippen molar-refractivity contribution in [2.45, 2.75) is 38.5 Å². The summed E-state index contributed by atoms with van der Waals surface area (Å²) in [7, 11) is 0. The molecule has 0 aromatic heterocycles. The summed E-state index contributed by atoms with van der Waals surface area (Å²) in [5.41, 5.74) is 4.68. The molecule has 0 unspecified atom stereocenters. The van der Waals surface area contributed by atoms with E-state index in [1.165, 1.54) is 31.3 Å². The highest BCUT2D eigenvalue weighted by molar-refractivity contribution is 6.23. The molecular weight excluding hydrogens is 232 g/mol. The van der Waals surface area contributed by atoms with Crippen molar-refractivity contribution >= 4 is 17.4 Å². The van der Waals surface area contributed by atoms with Gasteiger partial charge in [-0.25, -0.2) is 0 Å². The Morgan fingerprint density at radius 2 is 1.74 bits per heavy atom. The molecular formula is C18H20O. The van der Waals surface area contributed by atoms with Gasteiger partial charge in [-0.2, -0.15) is 0 Å². The lowest BCUT2D eigenvalue weighted by molar-refractivity contribution is -0.113. The zero-order chi connectivity index (χ0) is 13.2. The average Bonchev–Trinajstić information content (AvgIpc) is 3.08. The summed E-state index contributed by atoms with van der Waals surface area (Å²) in [6, 6.07) is 8.25. The summed E-state index contributed by atoms with van der Waals surface area (Å²) in [6.07, 6.45) is 8.74. The summed E-state index contributed by atoms with van der Waals surface area (Å²) in [5.74, 6) is 1.01. The van der Waals surface area contributed by atoms with Gasteiger partial charge in [0, 0.05) is 12.0 Å². The first kappa shape index (κ1) is 12.4. The number of carbonyl (C=O) groups is 1. The van der Waals surface area contributed by atoms with E-state index in [4.69, 9.17) is 0 Å². The van der Waals surface area contributed by atoms with Crippen LogP contribution in [0.1, 0.15) is 49.7 Å². The molecule has 0 atom stereocenters. The van der Waals surface area contributed by atoms with Crippen molar-refractivity contribution in [2.24, 2.45) is 5.92 Å². The Balaban J connectivity index is 1.99. The number of rotatable bonds is 3. The predicted molar refractivity (Wildman–Crippen MR) is 79.7 cm³/mol. The van der Waals surface area contributed by atoms with Gasteiger partial charge in [0.1, 0.15) is 0 Å². The quantitative estimate of drug-likeness (QED) is 0.766. The standard InChI is InChI=1S/C18H20O/c1-2-13-7-9-15(10-8-13)18-16(11-12-17(18)19)14-5-3-4-6-14/h2,7-10,14H,1,3-6,11-12H2. The molecule has 0 bridgehead atoms. The van der Waals surface area contributed by atoms with Gasteiger partial charge in [-0.05, 0) is 36.3 Å². The van der Waals surface area contributed by atoms with Crippen LogP contribution in [0.25, 0.3) is 11.6 Å². The minimum atomic E-state index is 0.341. The molecule has 0 aliphatic heterocycles. The van der Waals surface area contributed by atoms with E-state index in [9.17, 15) is 4.79 Å². The van der Waals surface area contributed by atoms with Gasteiger partial charge in [-0.3, -0.25) is 4.79 Å². The summed E-state index contributed by atoms with van der Waals surface area (Å²) in [6.45, 7) is 3.77. The van der Waals surface area contributed by atoms with E-state index in [0.29, 0.717) is 18.1 Å². The first-order valence-corrected chi connectivity index (χ1v) is 7.28. The minimum Gasteiger partial charge on any atom is -0.294 e. The lowest BCUT2D eigenvalue weighted by Gasteiger charge is -2.13. The summed E-state index contributed by atoms with van der Waals surface area (Å²) in [4.78, 5) is 12.2. The topological polar surface area (TPSA) is 17.1 Å². The number of benzene rings is 1. The van der Waals surface area contributed by atoms with Crippen LogP contribution in [0.2, 0.25) is 0 Å². The van der Waals surface area contributed by atoms with E-state index >= 15 is 0 Å². The maximum absolute atomic E-state index is 12.2. The Hall–Kier alpha value is -1.63. The molecule has 98 valence electrons. The fraction of sp³-hybridized carbons (Fsp3) is 0.389. The van der Waals surface area contributed by atoms with Crippen molar-refractivity contribution in [1.82, 2.24) is 0 Å². The molecule has 2 aliphatic carbocycles. The molecule has 2 aliphatic rings. The maximum Gasteiger partial charge on any atom is 0.163 e. The van der Waals surface area contributed by atoms with E-state index in [2.05, 4.69) is 18.7 Å². The molecule has 1 heteroatoms. The molecule has 0 heterocycles. The van der Waals surface area contributed by atoms with Gasteiger partial charge in [0.25, 0.3) is 0 Å². The van der Waals surface area contributed by atoms with Crippen LogP contribution < -0.4 is 0 Å². The van der Waals surface area contributed by atoms with Crippen molar-refractivity contribution in [3.63, 3.8) is 0 Å². The number of carbonyl (C=O) groups excluding carboxylic acids is 1. The second-order valence-corrected chi connectivity index (χ2v) is 5.63. The summed E-state index contributed by atoms with van der Waals surface area (Å²) < 4.78 is 0. The lowest BCUT2D eigenvalue weighted by atomic mass is 9.91. The van der Waals surface area contributed by atoms with Crippen molar-refractivity contribution in [2.75, 3.05) is 0 Å². The third kappa shape index (κ3) is 2.30. The van der Waals surface area contributed by atoms with Gasteiger partial charge in [-0.1, -0.05) is 55.3 Å². The monoisotopic (exact) mass is 252 g/mol. The molecule has 0 radical (unpaired) electrons. The third-order valence-electron chi connectivity index (χ3n) is 4.50. The van der Waals surface area contributed by atoms with Crippen LogP contribution in [-0.4, -0.2) is 5.78 Å². The average molecular weight is 252 g/mol. The molecule has 0 amide bonds. The van der Waals surface area contributed by atoms with E-state index in [0.717, 1.165) is 23.1 Å². The highest BCUT2D eigenvalue weighted by atomic mass is 16.1. The van der Waals surface area contributed by atoms with E-state index < -0.39 is 0 Å². The Morgan fingerprint density at radius 1 is 1.05 bits per heavy atom. The largest absolute Gasteiger partial charge is 0.294 e. The molecule has 1 fully saturated rings. The SMILES string of the molecule is C=Cc1ccc(C2=C(C3CCCC3)CCC2=O)cc1. The molecule has 0 spiro atoms. The molecule has 0 saturated heterocycles. The van der Waals surface area contributed by atoms with Gasteiger partial charge in [-0.15, -0.1) is 0 Å². The normalized spacial score (nSPS) is 20.3. The number of ketones is 1. The van der Waals surface area contributed by atoms with E-state index in [1.807, 2.05) is 18.2 Å². The Morgan fingerprint density at radius 3 is 2.37 bits per heavy atom. The van der Waals surface area contributed by atoms with Crippen molar-refractivity contribution in [1.29, 1.82) is 0 Å². The van der Waals surface area contributed by atoms with Crippen LogP contribution in [0, 0.1) is 5.92 Å². The van der Waals surface area contributed by atoms with Crippen molar-refractivity contribution < 1.29 is 4.79 Å². The zero-order valence-corrected chi connectivity index (χ0v) is 11.3. The van der Waals surface area contributed by atoms with Crippen LogP contribution in [0.4, 0.5) is 0 Å². The highest BCUT2D eigenvalue weighted by Gasteiger charge is 2.30. The van der Waals surface area contributed by atoms with Crippen LogP contribution in [-0.2, 0) is 4.79 Å². The number of hydrogen-bond donors (Lipinski definition) is 0. The van der Waals surface area contributed by atoms with Crippen LogP contribution >= 0.6 is 0 Å². The molecule has 1 saturated carbocycles. The zero-order valence-electron chi connectivity index (χ0n) is 11.3. The summed E-state index contributed by atoms with van der Waals surface area (Å²) >= 11 is 0. The molecule has 3 rings (SSSR count). The lowest BCUT2D eigenvalue weighted by Crippen LogP contribution is -2.01. The Kier molecular flexibility index (Phi) is 3.37. The highest BCUT2D eigenvalue weighted by Crippen LogP contribution is 2.42. The van der Waals surface area contributed by atoms with Crippen LogP contribution in [0.5, 0.6) is 0 Å². The van der Waals surface area contributed by atoms with Gasteiger partial charge < -0.3 is 0 Å². The van der Waals surface area contributed by atoms with Crippen LogP contribution in [0.15, 0.2) is 36.4 Å². The Labute approximate surface area is 115 Å². The third-order valence-corrected chi connectivity index (χ3v) is 4.50. The number of Topliss-reactive ketones (excluding diaryl/α,β-unsaturated/α-hetero) is 1. The predicted octanol–water partition coefficient (Wildman–Crippen LogP) is 4.64. The fourth-order valence-electron chi connectivity index (χ4n) is 3.49. The number of hydrogen-bond acceptors (Lipinski definition) is 1. The van der Waals surface area contributed by atoms with E-state index in [1.54, 1.807) is 0 Å². The van der Waals surface area contributed by atoms with Crippen molar-refractivity contribution in [3.05, 3.63) is 47.5 Å². The second-order valence-electron chi connectivity index (χ2n) is 5.63. The van der Waals surface area contributed by atoms with E-state index in [-0.39, 0.29) is 0 Å². The van der Waals surface area contributed by atoms with Gasteiger partial charge in [0.05, 0.1) is 0 Å². The molecule has 1 aromatic rings. The maximum atomic E-state index is 12.2. The van der Waals surface area contributed by atoms with Gasteiger partial charge in [0.2, 0.25) is 0 Å². The molecule has 1 nitrogen and oxygen atoms in total. The van der Waals surface area contributed by atoms with Gasteiger partial charge in [0.15, 0.2) is 5.78 Å². The molecule has 0 N–H and O–H groups in total. The molecule has 19 heavy (non-hydrogen) atoms. The second kappa shape index (κ2) is 5.16. The van der Waals surface area contributed by atoms with Gasteiger partial charge >= 0.3 is 0 Å². The Bertz CT molecular complexity index is 527. The first-order chi connectivity index (χ1) is 9.29. The van der Waals surface area contributed by atoms with Crippen molar-refractivity contribution in [3.8, 4) is 0 Å².